The molecule has 0 radical (unpaired) electrons. The molecule has 0 amide bonds. The van der Waals surface area contributed by atoms with Crippen molar-refractivity contribution in [1.82, 2.24) is 4.90 Å². The number of likely N-dealkylation sites (tertiary alicyclic amines) is 1. The van der Waals surface area contributed by atoms with E-state index in [1.54, 1.807) is 0 Å². The molecule has 1 aliphatic heterocycles. The number of piperidine rings is 1. The fourth-order valence-corrected chi connectivity index (χ4v) is 2.11. The van der Waals surface area contributed by atoms with Gasteiger partial charge in [0.25, 0.3) is 0 Å². The van der Waals surface area contributed by atoms with E-state index in [9.17, 15) is 5.11 Å². The second-order valence-corrected chi connectivity index (χ2v) is 3.94. The zero-order valence-corrected chi connectivity index (χ0v) is 8.58. The Hall–Kier alpha value is -0.120. The Kier molecular flexibility index (Phi) is 4.70. The summed E-state index contributed by atoms with van der Waals surface area (Å²) in [5, 5.41) is 9.46. The first-order chi connectivity index (χ1) is 6.27. The summed E-state index contributed by atoms with van der Waals surface area (Å²) in [5.41, 5.74) is 5.40. The molecule has 0 saturated carbocycles. The Morgan fingerprint density at radius 1 is 1.54 bits per heavy atom. The van der Waals surface area contributed by atoms with E-state index in [1.165, 1.54) is 25.7 Å². The third-order valence-corrected chi connectivity index (χ3v) is 2.94. The Bertz CT molecular complexity index is 141. The topological polar surface area (TPSA) is 49.5 Å². The highest BCUT2D eigenvalue weighted by atomic mass is 16.3. The molecule has 0 unspecified atom stereocenters. The van der Waals surface area contributed by atoms with E-state index in [2.05, 4.69) is 11.8 Å². The normalized spacial score (nSPS) is 27.5. The molecule has 78 valence electrons. The van der Waals surface area contributed by atoms with E-state index >= 15 is 0 Å². The fourth-order valence-electron chi connectivity index (χ4n) is 2.11. The smallest absolute Gasteiger partial charge is 0.0789 e. The van der Waals surface area contributed by atoms with Crippen LogP contribution in [-0.2, 0) is 0 Å². The Morgan fingerprint density at radius 2 is 2.31 bits per heavy atom. The van der Waals surface area contributed by atoms with E-state index in [1.807, 2.05) is 0 Å². The predicted octanol–water partition coefficient (Wildman–Crippen LogP) is 0.571. The average molecular weight is 186 g/mol. The molecule has 0 aromatic heterocycles. The SMILES string of the molecule is CC[C@H]1CCCCN1C[C@@H](O)CN. The van der Waals surface area contributed by atoms with Gasteiger partial charge in [0.2, 0.25) is 0 Å². The molecule has 0 bridgehead atoms. The van der Waals surface area contributed by atoms with Gasteiger partial charge in [0.05, 0.1) is 6.10 Å². The lowest BCUT2D eigenvalue weighted by Gasteiger charge is -2.36. The molecular formula is C10H22N2O. The number of rotatable bonds is 4. The molecule has 0 aliphatic carbocycles. The molecule has 0 aromatic carbocycles. The van der Waals surface area contributed by atoms with Gasteiger partial charge >= 0.3 is 0 Å². The minimum atomic E-state index is -0.341. The first kappa shape index (κ1) is 11.0. The van der Waals surface area contributed by atoms with Crippen molar-refractivity contribution in [2.24, 2.45) is 5.73 Å². The largest absolute Gasteiger partial charge is 0.390 e. The predicted molar refractivity (Wildman–Crippen MR) is 54.6 cm³/mol. The summed E-state index contributed by atoms with van der Waals surface area (Å²) in [6, 6.07) is 0.676. The molecule has 3 N–H and O–H groups in total. The molecule has 1 rings (SSSR count). The van der Waals surface area contributed by atoms with Crippen LogP contribution in [0.5, 0.6) is 0 Å². The lowest BCUT2D eigenvalue weighted by atomic mass is 9.99. The van der Waals surface area contributed by atoms with Crippen molar-refractivity contribution in [3.8, 4) is 0 Å². The van der Waals surface area contributed by atoms with Crippen LogP contribution in [0.4, 0.5) is 0 Å². The van der Waals surface area contributed by atoms with Gasteiger partial charge in [-0.2, -0.15) is 0 Å². The summed E-state index contributed by atoms with van der Waals surface area (Å²) in [6.45, 7) is 4.50. The Balaban J connectivity index is 2.35. The van der Waals surface area contributed by atoms with Crippen molar-refractivity contribution in [1.29, 1.82) is 0 Å². The molecule has 3 nitrogen and oxygen atoms in total. The van der Waals surface area contributed by atoms with Gasteiger partial charge in [-0.25, -0.2) is 0 Å². The van der Waals surface area contributed by atoms with Crippen molar-refractivity contribution in [3.05, 3.63) is 0 Å². The summed E-state index contributed by atoms with van der Waals surface area (Å²) >= 11 is 0. The number of aliphatic hydroxyl groups excluding tert-OH is 1. The van der Waals surface area contributed by atoms with Gasteiger partial charge in [-0.3, -0.25) is 4.90 Å². The van der Waals surface area contributed by atoms with Crippen LogP contribution in [0.15, 0.2) is 0 Å². The van der Waals surface area contributed by atoms with Crippen molar-refractivity contribution in [2.75, 3.05) is 19.6 Å². The van der Waals surface area contributed by atoms with Gasteiger partial charge in [0.1, 0.15) is 0 Å². The number of nitrogens with zero attached hydrogens (tertiary/aromatic N) is 1. The standard InChI is InChI=1S/C10H22N2O/c1-2-9-5-3-4-6-12(9)8-10(13)7-11/h9-10,13H,2-8,11H2,1H3/t9-,10-/m0/s1. The maximum Gasteiger partial charge on any atom is 0.0789 e. The van der Waals surface area contributed by atoms with Gasteiger partial charge in [-0.05, 0) is 25.8 Å². The zero-order valence-electron chi connectivity index (χ0n) is 8.58. The molecule has 2 atom stereocenters. The van der Waals surface area contributed by atoms with Crippen molar-refractivity contribution < 1.29 is 5.11 Å². The highest BCUT2D eigenvalue weighted by Crippen LogP contribution is 2.19. The molecule has 3 heteroatoms. The van der Waals surface area contributed by atoms with Crippen LogP contribution in [0, 0.1) is 0 Å². The number of nitrogens with two attached hydrogens (primary N) is 1. The molecule has 0 spiro atoms. The van der Waals surface area contributed by atoms with Gasteiger partial charge in [0.15, 0.2) is 0 Å². The zero-order chi connectivity index (χ0) is 9.68. The van der Waals surface area contributed by atoms with E-state index < -0.39 is 0 Å². The van der Waals surface area contributed by atoms with Crippen LogP contribution < -0.4 is 5.73 Å². The highest BCUT2D eigenvalue weighted by Gasteiger charge is 2.21. The minimum Gasteiger partial charge on any atom is -0.390 e. The summed E-state index contributed by atoms with van der Waals surface area (Å²) in [4.78, 5) is 2.39. The number of aliphatic hydroxyl groups is 1. The highest BCUT2D eigenvalue weighted by molar-refractivity contribution is 4.77. The second kappa shape index (κ2) is 5.58. The first-order valence-electron chi connectivity index (χ1n) is 5.40. The molecule has 1 aliphatic rings. The third kappa shape index (κ3) is 3.25. The fraction of sp³-hybridized carbons (Fsp3) is 1.00. The van der Waals surface area contributed by atoms with Crippen molar-refractivity contribution in [3.63, 3.8) is 0 Å². The molecule has 1 fully saturated rings. The molecule has 1 heterocycles. The third-order valence-electron chi connectivity index (χ3n) is 2.94. The van der Waals surface area contributed by atoms with E-state index in [0.717, 1.165) is 13.1 Å². The van der Waals surface area contributed by atoms with Gasteiger partial charge < -0.3 is 10.8 Å². The van der Waals surface area contributed by atoms with Gasteiger partial charge in [-0.1, -0.05) is 13.3 Å². The van der Waals surface area contributed by atoms with Gasteiger partial charge in [0, 0.05) is 19.1 Å². The van der Waals surface area contributed by atoms with E-state index in [0.29, 0.717) is 12.6 Å². The van der Waals surface area contributed by atoms with Crippen LogP contribution in [0.2, 0.25) is 0 Å². The molecule has 1 saturated heterocycles. The quantitative estimate of drug-likeness (QED) is 0.675. The van der Waals surface area contributed by atoms with Crippen molar-refractivity contribution >= 4 is 0 Å². The Labute approximate surface area is 80.9 Å². The summed E-state index contributed by atoms with van der Waals surface area (Å²) in [6.07, 6.45) is 4.75. The molecular weight excluding hydrogens is 164 g/mol. The lowest BCUT2D eigenvalue weighted by molar-refractivity contribution is 0.0701. The van der Waals surface area contributed by atoms with Gasteiger partial charge in [-0.15, -0.1) is 0 Å². The lowest BCUT2D eigenvalue weighted by Crippen LogP contribution is -2.45. The number of hydrogen-bond donors (Lipinski definition) is 2. The summed E-state index contributed by atoms with van der Waals surface area (Å²) < 4.78 is 0. The summed E-state index contributed by atoms with van der Waals surface area (Å²) in [7, 11) is 0. The van der Waals surface area contributed by atoms with Crippen LogP contribution in [-0.4, -0.2) is 41.8 Å². The van der Waals surface area contributed by atoms with Crippen LogP contribution >= 0.6 is 0 Å². The summed E-state index contributed by atoms with van der Waals surface area (Å²) in [5.74, 6) is 0. The van der Waals surface area contributed by atoms with Crippen molar-refractivity contribution in [2.45, 2.75) is 44.8 Å². The number of hydrogen-bond acceptors (Lipinski definition) is 3. The van der Waals surface area contributed by atoms with E-state index in [-0.39, 0.29) is 6.10 Å². The monoisotopic (exact) mass is 186 g/mol. The minimum absolute atomic E-state index is 0.341. The molecule has 0 aromatic rings. The number of β-amino-alcohol motifs (C(OH)–C–C–N with tert-alkyl or cyclic N) is 1. The maximum atomic E-state index is 9.46. The first-order valence-corrected chi connectivity index (χ1v) is 5.40. The second-order valence-electron chi connectivity index (χ2n) is 3.94. The van der Waals surface area contributed by atoms with Crippen LogP contribution in [0.25, 0.3) is 0 Å². The average Bonchev–Trinajstić information content (AvgIpc) is 2.18. The Morgan fingerprint density at radius 3 is 2.92 bits per heavy atom. The molecule has 13 heavy (non-hydrogen) atoms. The van der Waals surface area contributed by atoms with Crippen LogP contribution in [0.3, 0.4) is 0 Å². The van der Waals surface area contributed by atoms with Crippen LogP contribution in [0.1, 0.15) is 32.6 Å². The maximum absolute atomic E-state index is 9.46. The van der Waals surface area contributed by atoms with E-state index in [4.69, 9.17) is 5.73 Å².